The normalized spacial score (nSPS) is 4.17. The Hall–Kier alpha value is -0.480. The summed E-state index contributed by atoms with van der Waals surface area (Å²) in [5.41, 5.74) is 0. The lowest BCUT2D eigenvalue weighted by molar-refractivity contribution is 1.09. The average Bonchev–Trinajstić information content (AvgIpc) is 2.12. The van der Waals surface area contributed by atoms with E-state index in [0.29, 0.717) is 0 Å². The van der Waals surface area contributed by atoms with E-state index in [-0.39, 0.29) is 6.15 Å². The van der Waals surface area contributed by atoms with Crippen LogP contribution in [0.1, 0.15) is 61.3 Å². The SMILES string of the molecule is C#CCC.CC.CC.CCC.N. The van der Waals surface area contributed by atoms with Crippen LogP contribution in [0.15, 0.2) is 0 Å². The fourth-order valence-electron chi connectivity index (χ4n) is 0. The Morgan fingerprint density at radius 1 is 0.917 bits per heavy atom. The van der Waals surface area contributed by atoms with Gasteiger partial charge in [-0.15, -0.1) is 12.3 Å². The minimum absolute atomic E-state index is 0. The molecule has 0 aromatic rings. The van der Waals surface area contributed by atoms with Gasteiger partial charge in [-0.25, -0.2) is 0 Å². The van der Waals surface area contributed by atoms with Crippen LogP contribution in [0.3, 0.4) is 0 Å². The lowest BCUT2D eigenvalue weighted by Crippen LogP contribution is -1.38. The maximum atomic E-state index is 4.78. The van der Waals surface area contributed by atoms with Crippen LogP contribution < -0.4 is 6.15 Å². The van der Waals surface area contributed by atoms with Gasteiger partial charge in [-0.3, -0.25) is 0 Å². The van der Waals surface area contributed by atoms with Crippen LogP contribution in [0, 0.1) is 12.3 Å². The Morgan fingerprint density at radius 2 is 1.00 bits per heavy atom. The first kappa shape index (κ1) is 30.0. The molecule has 0 radical (unpaired) electrons. The lowest BCUT2D eigenvalue weighted by atomic mass is 10.5. The molecule has 0 atom stereocenters. The molecule has 0 fully saturated rings. The van der Waals surface area contributed by atoms with Crippen LogP contribution in [-0.2, 0) is 0 Å². The molecule has 0 spiro atoms. The molecule has 0 rings (SSSR count). The first-order valence-electron chi connectivity index (χ1n) is 4.76. The van der Waals surface area contributed by atoms with Crippen molar-refractivity contribution in [2.24, 2.45) is 0 Å². The first-order chi connectivity index (χ1) is 5.33. The third-order valence-corrected chi connectivity index (χ3v) is 0.204. The molecule has 1 nitrogen and oxygen atoms in total. The highest BCUT2D eigenvalue weighted by Gasteiger charge is 1.43. The zero-order chi connectivity index (χ0) is 10.1. The summed E-state index contributed by atoms with van der Waals surface area (Å²) in [7, 11) is 0. The van der Waals surface area contributed by atoms with Crippen molar-refractivity contribution in [2.45, 2.75) is 61.3 Å². The fourth-order valence-corrected chi connectivity index (χ4v) is 0. The van der Waals surface area contributed by atoms with Crippen LogP contribution in [0.25, 0.3) is 0 Å². The predicted molar refractivity (Wildman–Crippen MR) is 62.8 cm³/mol. The molecule has 0 saturated carbocycles. The summed E-state index contributed by atoms with van der Waals surface area (Å²) in [5, 5.41) is 0. The average molecular weight is 175 g/mol. The molecule has 0 aromatic carbocycles. The Morgan fingerprint density at radius 3 is 1.00 bits per heavy atom. The van der Waals surface area contributed by atoms with Gasteiger partial charge in [0.1, 0.15) is 0 Å². The smallest absolute Gasteiger partial charge is 0.00576 e. The van der Waals surface area contributed by atoms with Gasteiger partial charge in [-0.1, -0.05) is 54.9 Å². The van der Waals surface area contributed by atoms with Gasteiger partial charge in [0.2, 0.25) is 0 Å². The highest BCUT2D eigenvalue weighted by atomic mass is 14.0. The predicted octanol–water partition coefficient (Wildman–Crippen LogP) is 4.66. The zero-order valence-electron chi connectivity index (χ0n) is 10.2. The van der Waals surface area contributed by atoms with E-state index in [0.717, 1.165) is 6.42 Å². The Bertz CT molecular complexity index is 43.5. The third kappa shape index (κ3) is 2560. The Labute approximate surface area is 80.5 Å². The monoisotopic (exact) mass is 175 g/mol. The van der Waals surface area contributed by atoms with Crippen molar-refractivity contribution in [3.8, 4) is 12.3 Å². The lowest BCUT2D eigenvalue weighted by Gasteiger charge is -1.52. The molecule has 0 aliphatic carbocycles. The molecule has 0 bridgehead atoms. The van der Waals surface area contributed by atoms with Gasteiger partial charge in [0.25, 0.3) is 0 Å². The van der Waals surface area contributed by atoms with Crippen molar-refractivity contribution in [1.82, 2.24) is 6.15 Å². The van der Waals surface area contributed by atoms with E-state index < -0.39 is 0 Å². The Balaban J connectivity index is -0.0000000186. The highest BCUT2D eigenvalue weighted by Crippen LogP contribution is 1.58. The minimum Gasteiger partial charge on any atom is -0.344 e. The molecule has 1 heteroatoms. The molecule has 0 aliphatic heterocycles. The number of terminal acetylenes is 1. The van der Waals surface area contributed by atoms with E-state index in [1.54, 1.807) is 0 Å². The number of hydrogen-bond donors (Lipinski definition) is 1. The minimum atomic E-state index is 0. The highest BCUT2D eigenvalue weighted by molar-refractivity contribution is 4.80. The quantitative estimate of drug-likeness (QED) is 0.534. The molecule has 0 amide bonds. The molecule has 3 N–H and O–H groups in total. The zero-order valence-corrected chi connectivity index (χ0v) is 10.2. The summed E-state index contributed by atoms with van der Waals surface area (Å²) in [4.78, 5) is 0. The van der Waals surface area contributed by atoms with Crippen molar-refractivity contribution in [1.29, 1.82) is 0 Å². The largest absolute Gasteiger partial charge is 0.344 e. The maximum Gasteiger partial charge on any atom is 0.00576 e. The summed E-state index contributed by atoms with van der Waals surface area (Å²) in [6.45, 7) is 14.2. The molecular formula is C11H29N. The van der Waals surface area contributed by atoms with E-state index in [2.05, 4.69) is 19.8 Å². The molecule has 78 valence electrons. The second-order valence-corrected chi connectivity index (χ2v) is 1.26. The topological polar surface area (TPSA) is 35.0 Å². The Kier molecular flexibility index (Phi) is 375. The molecule has 12 heavy (non-hydrogen) atoms. The summed E-state index contributed by atoms with van der Waals surface area (Å²) in [6, 6.07) is 0. The van der Waals surface area contributed by atoms with Crippen LogP contribution in [0.5, 0.6) is 0 Å². The van der Waals surface area contributed by atoms with Gasteiger partial charge >= 0.3 is 0 Å². The molecule has 0 heterocycles. The summed E-state index contributed by atoms with van der Waals surface area (Å²) < 4.78 is 0. The van der Waals surface area contributed by atoms with Crippen LogP contribution >= 0.6 is 0 Å². The first-order valence-corrected chi connectivity index (χ1v) is 4.76. The second-order valence-electron chi connectivity index (χ2n) is 1.26. The van der Waals surface area contributed by atoms with Crippen molar-refractivity contribution in [3.63, 3.8) is 0 Å². The standard InChI is InChI=1S/C4H6.C3H8.2C2H6.H3N/c1-3-4-2;1-3-2;2*1-2;/h1H,4H2,2H3;3H2,1-2H3;2*1-2H3;1H3. The van der Waals surface area contributed by atoms with Crippen LogP contribution in [0.4, 0.5) is 0 Å². The van der Waals surface area contributed by atoms with Crippen LogP contribution in [0.2, 0.25) is 0 Å². The number of hydrogen-bond acceptors (Lipinski definition) is 1. The van der Waals surface area contributed by atoms with Gasteiger partial charge < -0.3 is 6.15 Å². The molecule has 0 saturated heterocycles. The summed E-state index contributed by atoms with van der Waals surface area (Å²) in [5.74, 6) is 2.43. The summed E-state index contributed by atoms with van der Waals surface area (Å²) in [6.07, 6.45) is 6.88. The molecule has 0 aliphatic rings. The van der Waals surface area contributed by atoms with Crippen molar-refractivity contribution in [3.05, 3.63) is 0 Å². The van der Waals surface area contributed by atoms with Gasteiger partial charge in [0.05, 0.1) is 0 Å². The molecular weight excluding hydrogens is 146 g/mol. The van der Waals surface area contributed by atoms with Crippen molar-refractivity contribution in [2.75, 3.05) is 0 Å². The van der Waals surface area contributed by atoms with E-state index in [1.165, 1.54) is 6.42 Å². The van der Waals surface area contributed by atoms with Gasteiger partial charge in [-0.05, 0) is 0 Å². The van der Waals surface area contributed by atoms with Gasteiger partial charge in [-0.2, -0.15) is 0 Å². The van der Waals surface area contributed by atoms with Gasteiger partial charge in [0.15, 0.2) is 0 Å². The van der Waals surface area contributed by atoms with E-state index in [4.69, 9.17) is 6.42 Å². The van der Waals surface area contributed by atoms with Crippen molar-refractivity contribution < 1.29 is 0 Å². The maximum absolute atomic E-state index is 4.78. The third-order valence-electron chi connectivity index (χ3n) is 0.204. The van der Waals surface area contributed by atoms with Crippen LogP contribution in [-0.4, -0.2) is 0 Å². The number of rotatable bonds is 0. The summed E-state index contributed by atoms with van der Waals surface area (Å²) >= 11 is 0. The van der Waals surface area contributed by atoms with E-state index >= 15 is 0 Å². The fraction of sp³-hybridized carbons (Fsp3) is 0.818. The van der Waals surface area contributed by atoms with Crippen molar-refractivity contribution >= 4 is 0 Å². The second kappa shape index (κ2) is 150. The van der Waals surface area contributed by atoms with E-state index in [1.807, 2.05) is 34.6 Å². The molecule has 0 unspecified atom stereocenters. The van der Waals surface area contributed by atoms with E-state index in [9.17, 15) is 0 Å². The van der Waals surface area contributed by atoms with Gasteiger partial charge in [0, 0.05) is 6.42 Å². The molecule has 0 aromatic heterocycles.